The SMILES string of the molecule is COc1ccc(C(=O)OC(C)C(=O)NC(=O)NC(C)(C)C)cc1S(=O)(=O)N(C)C. The van der Waals surface area contributed by atoms with E-state index in [1.54, 1.807) is 20.8 Å². The first kappa shape index (κ1) is 24.4. The van der Waals surface area contributed by atoms with Gasteiger partial charge in [0.15, 0.2) is 6.10 Å². The first-order valence-corrected chi connectivity index (χ1v) is 10.1. The van der Waals surface area contributed by atoms with E-state index in [0.717, 1.165) is 10.4 Å². The molecule has 1 unspecified atom stereocenters. The highest BCUT2D eigenvalue weighted by molar-refractivity contribution is 7.89. The van der Waals surface area contributed by atoms with Crippen LogP contribution in [0.2, 0.25) is 0 Å². The topological polar surface area (TPSA) is 131 Å². The van der Waals surface area contributed by atoms with Crippen LogP contribution in [0.4, 0.5) is 4.79 Å². The van der Waals surface area contributed by atoms with Gasteiger partial charge >= 0.3 is 12.0 Å². The van der Waals surface area contributed by atoms with E-state index in [9.17, 15) is 22.8 Å². The molecule has 2 N–H and O–H groups in total. The Bertz CT molecular complexity index is 889. The van der Waals surface area contributed by atoms with Crippen LogP contribution in [0.3, 0.4) is 0 Å². The molecule has 1 atom stereocenters. The summed E-state index contributed by atoms with van der Waals surface area (Å²) in [4.78, 5) is 35.9. The third-order valence-corrected chi connectivity index (χ3v) is 5.37. The zero-order valence-electron chi connectivity index (χ0n) is 17.5. The number of methoxy groups -OCH3 is 1. The average Bonchev–Trinajstić information content (AvgIpc) is 2.58. The lowest BCUT2D eigenvalue weighted by Gasteiger charge is -2.21. The summed E-state index contributed by atoms with van der Waals surface area (Å²) in [6.07, 6.45) is -1.29. The number of urea groups is 1. The van der Waals surface area contributed by atoms with Gasteiger partial charge in [-0.3, -0.25) is 10.1 Å². The van der Waals surface area contributed by atoms with Gasteiger partial charge in [0.1, 0.15) is 10.6 Å². The third-order valence-electron chi connectivity index (χ3n) is 3.54. The Kier molecular flexibility index (Phi) is 7.75. The van der Waals surface area contributed by atoms with E-state index in [-0.39, 0.29) is 16.2 Å². The predicted octanol–water partition coefficient (Wildman–Crippen LogP) is 1.12. The Morgan fingerprint density at radius 2 is 1.72 bits per heavy atom. The maximum Gasteiger partial charge on any atom is 0.338 e. The van der Waals surface area contributed by atoms with E-state index in [4.69, 9.17) is 9.47 Å². The van der Waals surface area contributed by atoms with Gasteiger partial charge in [-0.15, -0.1) is 0 Å². The molecule has 0 radical (unpaired) electrons. The zero-order chi connectivity index (χ0) is 22.6. The molecule has 0 spiro atoms. The number of imide groups is 1. The minimum atomic E-state index is -3.89. The van der Waals surface area contributed by atoms with Gasteiger partial charge in [0.25, 0.3) is 5.91 Å². The zero-order valence-corrected chi connectivity index (χ0v) is 18.3. The van der Waals surface area contributed by atoms with Crippen molar-refractivity contribution in [1.82, 2.24) is 14.9 Å². The second-order valence-corrected chi connectivity index (χ2v) is 9.51. The van der Waals surface area contributed by atoms with Crippen molar-refractivity contribution in [3.05, 3.63) is 23.8 Å². The van der Waals surface area contributed by atoms with Crippen LogP contribution in [0.15, 0.2) is 23.1 Å². The van der Waals surface area contributed by atoms with Crippen LogP contribution in [0.5, 0.6) is 5.75 Å². The smallest absolute Gasteiger partial charge is 0.338 e. The van der Waals surface area contributed by atoms with Crippen molar-refractivity contribution in [2.24, 2.45) is 0 Å². The van der Waals surface area contributed by atoms with Crippen molar-refractivity contribution in [3.8, 4) is 5.75 Å². The number of esters is 1. The van der Waals surface area contributed by atoms with Crippen LogP contribution in [-0.2, 0) is 19.6 Å². The molecule has 0 aromatic heterocycles. The van der Waals surface area contributed by atoms with E-state index in [2.05, 4.69) is 10.6 Å². The number of hydrogen-bond acceptors (Lipinski definition) is 7. The molecule has 0 bridgehead atoms. The molecule has 0 fully saturated rings. The Morgan fingerprint density at radius 1 is 1.14 bits per heavy atom. The number of ether oxygens (including phenoxy) is 2. The van der Waals surface area contributed by atoms with E-state index < -0.39 is 39.6 Å². The lowest BCUT2D eigenvalue weighted by atomic mass is 10.1. The summed E-state index contributed by atoms with van der Waals surface area (Å²) in [5.41, 5.74) is -0.646. The molecular weight excluding hydrogens is 402 g/mol. The Labute approximate surface area is 170 Å². The van der Waals surface area contributed by atoms with Crippen molar-refractivity contribution in [2.45, 2.75) is 44.2 Å². The van der Waals surface area contributed by atoms with Gasteiger partial charge < -0.3 is 14.8 Å². The highest BCUT2D eigenvalue weighted by atomic mass is 32.2. The van der Waals surface area contributed by atoms with E-state index >= 15 is 0 Å². The van der Waals surface area contributed by atoms with Gasteiger partial charge in [-0.05, 0) is 45.9 Å². The summed E-state index contributed by atoms with van der Waals surface area (Å²) >= 11 is 0. The monoisotopic (exact) mass is 429 g/mol. The van der Waals surface area contributed by atoms with E-state index in [1.165, 1.54) is 40.3 Å². The highest BCUT2D eigenvalue weighted by Crippen LogP contribution is 2.27. The van der Waals surface area contributed by atoms with Crippen molar-refractivity contribution in [3.63, 3.8) is 0 Å². The largest absolute Gasteiger partial charge is 0.495 e. The summed E-state index contributed by atoms with van der Waals surface area (Å²) < 4.78 is 36.0. The Morgan fingerprint density at radius 3 is 2.21 bits per heavy atom. The molecule has 0 saturated heterocycles. The quantitative estimate of drug-likeness (QED) is 0.648. The van der Waals surface area contributed by atoms with Crippen LogP contribution in [0, 0.1) is 0 Å². The molecular formula is C18H27N3O7S. The summed E-state index contributed by atoms with van der Waals surface area (Å²) in [5.74, 6) is -1.70. The van der Waals surface area contributed by atoms with Gasteiger partial charge in [0.2, 0.25) is 10.0 Å². The van der Waals surface area contributed by atoms with Gasteiger partial charge in [-0.2, -0.15) is 0 Å². The molecule has 11 heteroatoms. The van der Waals surface area contributed by atoms with Crippen molar-refractivity contribution in [1.29, 1.82) is 0 Å². The number of nitrogens with zero attached hydrogens (tertiary/aromatic N) is 1. The standard InChI is InChI=1S/C18H27N3O7S/c1-11(15(22)19-17(24)20-18(2,3)4)28-16(23)12-8-9-13(27-7)14(10-12)29(25,26)21(5)6/h8-11H,1-7H3,(H2,19,20,22,24). The minimum Gasteiger partial charge on any atom is -0.495 e. The predicted molar refractivity (Wildman–Crippen MR) is 105 cm³/mol. The number of benzene rings is 1. The van der Waals surface area contributed by atoms with Gasteiger partial charge in [0, 0.05) is 19.6 Å². The van der Waals surface area contributed by atoms with E-state index in [1.807, 2.05) is 0 Å². The highest BCUT2D eigenvalue weighted by Gasteiger charge is 2.26. The third kappa shape index (κ3) is 6.71. The van der Waals surface area contributed by atoms with E-state index in [0.29, 0.717) is 0 Å². The summed E-state index contributed by atoms with van der Waals surface area (Å²) in [7, 11) is 0.101. The molecule has 1 aromatic rings. The number of sulfonamides is 1. The second kappa shape index (κ2) is 9.23. The minimum absolute atomic E-state index is 0.0555. The van der Waals surface area contributed by atoms with Crippen molar-refractivity contribution >= 4 is 27.9 Å². The fourth-order valence-electron chi connectivity index (χ4n) is 2.07. The Hall–Kier alpha value is -2.66. The number of carbonyl (C=O) groups is 3. The number of rotatable bonds is 6. The molecule has 1 aromatic carbocycles. The Balaban J connectivity index is 2.97. The molecule has 10 nitrogen and oxygen atoms in total. The lowest BCUT2D eigenvalue weighted by Crippen LogP contribution is -2.50. The number of hydrogen-bond donors (Lipinski definition) is 2. The summed E-state index contributed by atoms with van der Waals surface area (Å²) in [6, 6.07) is 3.00. The molecule has 162 valence electrons. The molecule has 3 amide bonds. The van der Waals surface area contributed by atoms with Crippen LogP contribution in [-0.4, -0.2) is 63.5 Å². The maximum atomic E-state index is 12.4. The normalized spacial score (nSPS) is 12.8. The van der Waals surface area contributed by atoms with Gasteiger partial charge in [0.05, 0.1) is 12.7 Å². The summed E-state index contributed by atoms with van der Waals surface area (Å²) in [6.45, 7) is 6.51. The molecule has 0 saturated carbocycles. The van der Waals surface area contributed by atoms with Crippen LogP contribution >= 0.6 is 0 Å². The van der Waals surface area contributed by atoms with Crippen LogP contribution in [0.25, 0.3) is 0 Å². The van der Waals surface area contributed by atoms with Crippen molar-refractivity contribution < 1.29 is 32.3 Å². The fourth-order valence-corrected chi connectivity index (χ4v) is 3.14. The molecule has 0 aliphatic carbocycles. The number of amides is 3. The van der Waals surface area contributed by atoms with Crippen LogP contribution in [0.1, 0.15) is 38.1 Å². The first-order valence-electron chi connectivity index (χ1n) is 8.63. The molecule has 29 heavy (non-hydrogen) atoms. The fraction of sp³-hybridized carbons (Fsp3) is 0.500. The van der Waals surface area contributed by atoms with Gasteiger partial charge in [-0.25, -0.2) is 22.3 Å². The molecule has 0 heterocycles. The average molecular weight is 429 g/mol. The number of nitrogens with one attached hydrogen (secondary N) is 2. The first-order chi connectivity index (χ1) is 13.2. The summed E-state index contributed by atoms with van der Waals surface area (Å²) in [5, 5.41) is 4.61. The second-order valence-electron chi connectivity index (χ2n) is 7.39. The van der Waals surface area contributed by atoms with Crippen LogP contribution < -0.4 is 15.4 Å². The lowest BCUT2D eigenvalue weighted by molar-refractivity contribution is -0.127. The number of carbonyl (C=O) groups excluding carboxylic acids is 3. The molecule has 0 aliphatic rings. The maximum absolute atomic E-state index is 12.4. The molecule has 0 aliphatic heterocycles. The molecule has 1 rings (SSSR count). The van der Waals surface area contributed by atoms with Gasteiger partial charge in [-0.1, -0.05) is 0 Å². The van der Waals surface area contributed by atoms with Crippen molar-refractivity contribution in [2.75, 3.05) is 21.2 Å².